The normalized spacial score (nSPS) is 12.1. The van der Waals surface area contributed by atoms with Gasteiger partial charge in [0.1, 0.15) is 0 Å². The lowest BCUT2D eigenvalue weighted by atomic mass is 10.1. The molecule has 0 aromatic carbocycles. The maximum absolute atomic E-state index is 10.7. The summed E-state index contributed by atoms with van der Waals surface area (Å²) in [6.45, 7) is 5.40. The number of ether oxygens (including phenoxy) is 1. The van der Waals surface area contributed by atoms with Crippen molar-refractivity contribution in [2.24, 2.45) is 0 Å². The van der Waals surface area contributed by atoms with Crippen LogP contribution in [0.5, 0.6) is 0 Å². The summed E-state index contributed by atoms with van der Waals surface area (Å²) in [6.07, 6.45) is 6.18. The lowest BCUT2D eigenvalue weighted by molar-refractivity contribution is -0.162. The number of hydrogen-bond donors (Lipinski definition) is 1. The van der Waals surface area contributed by atoms with Crippen molar-refractivity contribution in [2.45, 2.75) is 51.7 Å². The van der Waals surface area contributed by atoms with Crippen LogP contribution in [-0.2, 0) is 9.53 Å². The fourth-order valence-corrected chi connectivity index (χ4v) is 1.16. The molecule has 0 fully saturated rings. The van der Waals surface area contributed by atoms with Crippen LogP contribution in [-0.4, -0.2) is 17.4 Å². The maximum atomic E-state index is 10.7. The quantitative estimate of drug-likeness (QED) is 0.283. The number of aliphatic hydroxyl groups is 1. The molecule has 0 spiro atoms. The first kappa shape index (κ1) is 13.2. The summed E-state index contributed by atoms with van der Waals surface area (Å²) < 4.78 is 4.60. The van der Waals surface area contributed by atoms with E-state index in [1.54, 1.807) is 0 Å². The average molecular weight is 200 g/mol. The number of carbonyl (C=O) groups is 1. The highest BCUT2D eigenvalue weighted by atomic mass is 16.6. The number of unbranched alkanes of at least 4 members (excludes halogenated alkanes) is 4. The van der Waals surface area contributed by atoms with Crippen LogP contribution >= 0.6 is 0 Å². The molecule has 0 aliphatic rings. The van der Waals surface area contributed by atoms with Crippen molar-refractivity contribution in [2.75, 3.05) is 0 Å². The van der Waals surface area contributed by atoms with E-state index in [9.17, 15) is 9.90 Å². The second-order valence-corrected chi connectivity index (χ2v) is 3.30. The monoisotopic (exact) mass is 200 g/mol. The Morgan fingerprint density at radius 1 is 1.43 bits per heavy atom. The van der Waals surface area contributed by atoms with Gasteiger partial charge in [0.15, 0.2) is 0 Å². The van der Waals surface area contributed by atoms with Crippen LogP contribution in [0.2, 0.25) is 0 Å². The molecule has 82 valence electrons. The SMILES string of the molecule is C=CC(=O)OC(O)CCCCCCC. The minimum absolute atomic E-state index is 0.517. The molecule has 3 nitrogen and oxygen atoms in total. The second-order valence-electron chi connectivity index (χ2n) is 3.30. The molecule has 0 aromatic heterocycles. The van der Waals surface area contributed by atoms with Crippen LogP contribution in [0, 0.1) is 0 Å². The second kappa shape index (κ2) is 8.75. The molecule has 1 N–H and O–H groups in total. The van der Waals surface area contributed by atoms with Gasteiger partial charge in [-0.3, -0.25) is 0 Å². The minimum atomic E-state index is -0.970. The van der Waals surface area contributed by atoms with Gasteiger partial charge in [0.2, 0.25) is 6.29 Å². The standard InChI is InChI=1S/C11H20O3/c1-3-5-6-7-8-9-11(13)14-10(12)4-2/h4,11,13H,2-3,5-9H2,1H3. The summed E-state index contributed by atoms with van der Waals surface area (Å²) in [5.41, 5.74) is 0. The third kappa shape index (κ3) is 7.80. The number of carbonyl (C=O) groups excluding carboxylic acids is 1. The molecule has 0 saturated heterocycles. The first-order valence-corrected chi connectivity index (χ1v) is 5.21. The highest BCUT2D eigenvalue weighted by Crippen LogP contribution is 2.08. The van der Waals surface area contributed by atoms with E-state index in [4.69, 9.17) is 0 Å². The summed E-state index contributed by atoms with van der Waals surface area (Å²) in [5.74, 6) is -0.564. The van der Waals surface area contributed by atoms with Gasteiger partial charge in [-0.05, 0) is 6.42 Å². The Bertz CT molecular complexity index is 166. The number of esters is 1. The molecule has 1 unspecified atom stereocenters. The van der Waals surface area contributed by atoms with Gasteiger partial charge in [-0.1, -0.05) is 39.2 Å². The van der Waals surface area contributed by atoms with Gasteiger partial charge in [-0.25, -0.2) is 4.79 Å². The Morgan fingerprint density at radius 3 is 2.64 bits per heavy atom. The Hall–Kier alpha value is -0.830. The van der Waals surface area contributed by atoms with Crippen LogP contribution in [0.25, 0.3) is 0 Å². The van der Waals surface area contributed by atoms with E-state index in [0.29, 0.717) is 6.42 Å². The van der Waals surface area contributed by atoms with Gasteiger partial charge in [-0.15, -0.1) is 0 Å². The number of aliphatic hydroxyl groups excluding tert-OH is 1. The molecule has 0 aromatic rings. The molecule has 0 aliphatic carbocycles. The van der Waals surface area contributed by atoms with E-state index in [2.05, 4.69) is 18.2 Å². The molecule has 1 atom stereocenters. The highest BCUT2D eigenvalue weighted by Gasteiger charge is 2.06. The fourth-order valence-electron chi connectivity index (χ4n) is 1.16. The summed E-state index contributed by atoms with van der Waals surface area (Å²) in [5, 5.41) is 9.22. The molecule has 14 heavy (non-hydrogen) atoms. The van der Waals surface area contributed by atoms with E-state index in [-0.39, 0.29) is 0 Å². The molecule has 0 bridgehead atoms. The van der Waals surface area contributed by atoms with Gasteiger partial charge >= 0.3 is 5.97 Å². The van der Waals surface area contributed by atoms with E-state index in [0.717, 1.165) is 18.9 Å². The van der Waals surface area contributed by atoms with E-state index in [1.807, 2.05) is 0 Å². The Labute approximate surface area is 85.8 Å². The van der Waals surface area contributed by atoms with Crippen molar-refractivity contribution in [3.05, 3.63) is 12.7 Å². The molecule has 0 aliphatic heterocycles. The number of hydrogen-bond acceptors (Lipinski definition) is 3. The molecule has 0 saturated carbocycles. The smallest absolute Gasteiger partial charge is 0.332 e. The molecule has 0 amide bonds. The van der Waals surface area contributed by atoms with Crippen molar-refractivity contribution in [1.29, 1.82) is 0 Å². The third-order valence-corrected chi connectivity index (χ3v) is 1.97. The lowest BCUT2D eigenvalue weighted by Crippen LogP contribution is -2.15. The predicted molar refractivity (Wildman–Crippen MR) is 55.7 cm³/mol. The van der Waals surface area contributed by atoms with E-state index in [1.165, 1.54) is 19.3 Å². The summed E-state index contributed by atoms with van der Waals surface area (Å²) >= 11 is 0. The first-order chi connectivity index (χ1) is 6.70. The molecule has 0 heterocycles. The largest absolute Gasteiger partial charge is 0.433 e. The Kier molecular flexibility index (Phi) is 8.24. The van der Waals surface area contributed by atoms with Crippen LogP contribution in [0.1, 0.15) is 45.4 Å². The Morgan fingerprint density at radius 2 is 2.07 bits per heavy atom. The maximum Gasteiger partial charge on any atom is 0.332 e. The molecule has 0 radical (unpaired) electrons. The molecular formula is C11H20O3. The van der Waals surface area contributed by atoms with Crippen LogP contribution in [0.3, 0.4) is 0 Å². The van der Waals surface area contributed by atoms with Crippen LogP contribution in [0.4, 0.5) is 0 Å². The molecule has 3 heteroatoms. The van der Waals surface area contributed by atoms with Crippen LogP contribution < -0.4 is 0 Å². The van der Waals surface area contributed by atoms with Crippen molar-refractivity contribution >= 4 is 5.97 Å². The van der Waals surface area contributed by atoms with Crippen LogP contribution in [0.15, 0.2) is 12.7 Å². The fraction of sp³-hybridized carbons (Fsp3) is 0.727. The zero-order chi connectivity index (χ0) is 10.8. The van der Waals surface area contributed by atoms with Crippen molar-refractivity contribution in [3.63, 3.8) is 0 Å². The summed E-state index contributed by atoms with van der Waals surface area (Å²) in [7, 11) is 0. The summed E-state index contributed by atoms with van der Waals surface area (Å²) in [4.78, 5) is 10.7. The zero-order valence-corrected chi connectivity index (χ0v) is 8.87. The van der Waals surface area contributed by atoms with Gasteiger partial charge in [-0.2, -0.15) is 0 Å². The summed E-state index contributed by atoms with van der Waals surface area (Å²) in [6, 6.07) is 0. The van der Waals surface area contributed by atoms with E-state index >= 15 is 0 Å². The average Bonchev–Trinajstić information content (AvgIpc) is 2.17. The van der Waals surface area contributed by atoms with Gasteiger partial charge in [0, 0.05) is 12.5 Å². The predicted octanol–water partition coefficient (Wildman–Crippen LogP) is 2.39. The van der Waals surface area contributed by atoms with Crippen molar-refractivity contribution in [3.8, 4) is 0 Å². The third-order valence-electron chi connectivity index (χ3n) is 1.97. The van der Waals surface area contributed by atoms with E-state index < -0.39 is 12.3 Å². The van der Waals surface area contributed by atoms with Crippen molar-refractivity contribution in [1.82, 2.24) is 0 Å². The van der Waals surface area contributed by atoms with Gasteiger partial charge < -0.3 is 9.84 Å². The zero-order valence-electron chi connectivity index (χ0n) is 8.87. The Balaban J connectivity index is 3.30. The lowest BCUT2D eigenvalue weighted by Gasteiger charge is -2.09. The van der Waals surface area contributed by atoms with Gasteiger partial charge in [0.05, 0.1) is 0 Å². The van der Waals surface area contributed by atoms with Gasteiger partial charge in [0.25, 0.3) is 0 Å². The highest BCUT2D eigenvalue weighted by molar-refractivity contribution is 5.81. The number of rotatable bonds is 8. The molecule has 0 rings (SSSR count). The van der Waals surface area contributed by atoms with Crippen molar-refractivity contribution < 1.29 is 14.6 Å². The minimum Gasteiger partial charge on any atom is -0.433 e. The first-order valence-electron chi connectivity index (χ1n) is 5.21. The molecular weight excluding hydrogens is 180 g/mol. The topological polar surface area (TPSA) is 46.5 Å².